The van der Waals surface area contributed by atoms with E-state index in [9.17, 15) is 9.59 Å². The van der Waals surface area contributed by atoms with Gasteiger partial charge in [-0.25, -0.2) is 0 Å². The largest absolute Gasteiger partial charge is 0.483 e. The number of halogens is 1. The molecular weight excluding hydrogens is 432 g/mol. The van der Waals surface area contributed by atoms with Crippen LogP contribution in [0.1, 0.15) is 21.5 Å². The molecule has 0 radical (unpaired) electrons. The zero-order chi connectivity index (χ0) is 20.8. The molecule has 0 aliphatic carbocycles. The predicted molar refractivity (Wildman–Crippen MR) is 119 cm³/mol. The first kappa shape index (κ1) is 20.6. The number of carbonyl (C=O) groups is 2. The standard InChI is InChI=1S/C23H21BrN2O3/c1-15-8-11-21(16(2)12-15)29-14-22(27)25-18-9-10-20(19(24)13-18)26-23(28)17-6-4-3-5-7-17/h3-13H,14H2,1-2H3,(H,25,27)(H,26,28). The van der Waals surface area contributed by atoms with Crippen molar-refractivity contribution in [2.75, 3.05) is 17.2 Å². The van der Waals surface area contributed by atoms with E-state index in [0.717, 1.165) is 11.1 Å². The topological polar surface area (TPSA) is 67.4 Å². The quantitative estimate of drug-likeness (QED) is 0.530. The molecule has 3 aromatic rings. The van der Waals surface area contributed by atoms with Crippen LogP contribution in [0.15, 0.2) is 71.2 Å². The monoisotopic (exact) mass is 452 g/mol. The smallest absolute Gasteiger partial charge is 0.262 e. The second kappa shape index (κ2) is 9.39. The molecule has 0 atom stereocenters. The maximum Gasteiger partial charge on any atom is 0.262 e. The number of rotatable bonds is 6. The van der Waals surface area contributed by atoms with Gasteiger partial charge in [0.05, 0.1) is 5.69 Å². The van der Waals surface area contributed by atoms with Crippen LogP contribution in [0.2, 0.25) is 0 Å². The van der Waals surface area contributed by atoms with Crippen LogP contribution < -0.4 is 15.4 Å². The highest BCUT2D eigenvalue weighted by Gasteiger charge is 2.10. The summed E-state index contributed by atoms with van der Waals surface area (Å²) in [6.07, 6.45) is 0. The van der Waals surface area contributed by atoms with E-state index in [2.05, 4.69) is 26.6 Å². The number of benzene rings is 3. The fraction of sp³-hybridized carbons (Fsp3) is 0.130. The minimum atomic E-state index is -0.266. The molecule has 0 aliphatic rings. The summed E-state index contributed by atoms with van der Waals surface area (Å²) in [6.45, 7) is 3.86. The lowest BCUT2D eigenvalue weighted by atomic mass is 10.1. The van der Waals surface area contributed by atoms with Crippen molar-refractivity contribution in [3.8, 4) is 5.75 Å². The SMILES string of the molecule is Cc1ccc(OCC(=O)Nc2ccc(NC(=O)c3ccccc3)c(Br)c2)c(C)c1. The lowest BCUT2D eigenvalue weighted by molar-refractivity contribution is -0.118. The van der Waals surface area contributed by atoms with Crippen molar-refractivity contribution >= 4 is 39.1 Å². The van der Waals surface area contributed by atoms with Gasteiger partial charge in [-0.3, -0.25) is 9.59 Å². The Morgan fingerprint density at radius 1 is 0.931 bits per heavy atom. The lowest BCUT2D eigenvalue weighted by Crippen LogP contribution is -2.20. The number of aryl methyl sites for hydroxylation is 2. The van der Waals surface area contributed by atoms with Gasteiger partial charge in [-0.1, -0.05) is 35.9 Å². The van der Waals surface area contributed by atoms with Crippen molar-refractivity contribution in [1.82, 2.24) is 0 Å². The molecule has 3 rings (SSSR count). The van der Waals surface area contributed by atoms with Crippen LogP contribution in [0, 0.1) is 13.8 Å². The average molecular weight is 453 g/mol. The van der Waals surface area contributed by atoms with Gasteiger partial charge in [0.1, 0.15) is 5.75 Å². The van der Waals surface area contributed by atoms with E-state index in [-0.39, 0.29) is 18.4 Å². The van der Waals surface area contributed by atoms with Crippen LogP contribution in [0.5, 0.6) is 5.75 Å². The van der Waals surface area contributed by atoms with E-state index in [4.69, 9.17) is 4.74 Å². The summed E-state index contributed by atoms with van der Waals surface area (Å²) in [7, 11) is 0. The summed E-state index contributed by atoms with van der Waals surface area (Å²) < 4.78 is 6.26. The van der Waals surface area contributed by atoms with Gasteiger partial charge < -0.3 is 15.4 Å². The molecule has 0 saturated carbocycles. The summed E-state index contributed by atoms with van der Waals surface area (Å²) in [6, 6.07) is 20.0. The van der Waals surface area contributed by atoms with Crippen molar-refractivity contribution < 1.29 is 14.3 Å². The first-order chi connectivity index (χ1) is 13.9. The lowest BCUT2D eigenvalue weighted by Gasteiger charge is -2.12. The molecule has 0 unspecified atom stereocenters. The van der Waals surface area contributed by atoms with Gasteiger partial charge in [0.2, 0.25) is 0 Å². The Labute approximate surface area is 178 Å². The van der Waals surface area contributed by atoms with Crippen LogP contribution in [0.4, 0.5) is 11.4 Å². The van der Waals surface area contributed by atoms with Gasteiger partial charge in [0.25, 0.3) is 11.8 Å². The van der Waals surface area contributed by atoms with Crippen molar-refractivity contribution in [2.45, 2.75) is 13.8 Å². The van der Waals surface area contributed by atoms with Crippen molar-refractivity contribution in [3.63, 3.8) is 0 Å². The molecule has 2 amide bonds. The van der Waals surface area contributed by atoms with Gasteiger partial charge in [-0.05, 0) is 71.7 Å². The minimum Gasteiger partial charge on any atom is -0.483 e. The molecule has 0 heterocycles. The summed E-state index contributed by atoms with van der Waals surface area (Å²) in [5.41, 5.74) is 3.91. The molecule has 0 bridgehead atoms. The summed E-state index contributed by atoms with van der Waals surface area (Å²) in [5.74, 6) is 0.216. The number of nitrogens with one attached hydrogen (secondary N) is 2. The zero-order valence-corrected chi connectivity index (χ0v) is 17.7. The number of hydrogen-bond acceptors (Lipinski definition) is 3. The molecule has 3 aromatic carbocycles. The van der Waals surface area contributed by atoms with Crippen LogP contribution >= 0.6 is 15.9 Å². The summed E-state index contributed by atoms with van der Waals surface area (Å²) >= 11 is 3.43. The third kappa shape index (κ3) is 5.68. The van der Waals surface area contributed by atoms with E-state index in [1.165, 1.54) is 0 Å². The Hall–Kier alpha value is -3.12. The van der Waals surface area contributed by atoms with Crippen LogP contribution in [-0.4, -0.2) is 18.4 Å². The molecule has 0 aliphatic heterocycles. The van der Waals surface area contributed by atoms with Gasteiger partial charge in [0.15, 0.2) is 6.61 Å². The molecule has 29 heavy (non-hydrogen) atoms. The molecule has 0 fully saturated rings. The summed E-state index contributed by atoms with van der Waals surface area (Å²) in [4.78, 5) is 24.5. The highest BCUT2D eigenvalue weighted by molar-refractivity contribution is 9.10. The van der Waals surface area contributed by atoms with Gasteiger partial charge in [0, 0.05) is 15.7 Å². The van der Waals surface area contributed by atoms with E-state index in [0.29, 0.717) is 27.2 Å². The Morgan fingerprint density at radius 3 is 2.38 bits per heavy atom. The highest BCUT2D eigenvalue weighted by atomic mass is 79.9. The molecule has 0 spiro atoms. The Bertz CT molecular complexity index is 1040. The third-order valence-corrected chi connectivity index (χ3v) is 4.88. The summed E-state index contributed by atoms with van der Waals surface area (Å²) in [5, 5.41) is 5.63. The van der Waals surface area contributed by atoms with Gasteiger partial charge in [-0.15, -0.1) is 0 Å². The molecule has 2 N–H and O–H groups in total. The number of ether oxygens (including phenoxy) is 1. The minimum absolute atomic E-state index is 0.0893. The molecule has 0 saturated heterocycles. The number of anilines is 2. The maximum atomic E-state index is 12.3. The Kier molecular flexibility index (Phi) is 6.67. The van der Waals surface area contributed by atoms with E-state index in [1.54, 1.807) is 30.3 Å². The maximum absolute atomic E-state index is 12.3. The first-order valence-corrected chi connectivity index (χ1v) is 9.87. The molecule has 148 valence electrons. The second-order valence-corrected chi connectivity index (χ2v) is 7.47. The van der Waals surface area contributed by atoms with E-state index >= 15 is 0 Å². The highest BCUT2D eigenvalue weighted by Crippen LogP contribution is 2.26. The third-order valence-electron chi connectivity index (χ3n) is 4.23. The van der Waals surface area contributed by atoms with Crippen LogP contribution in [-0.2, 0) is 4.79 Å². The van der Waals surface area contributed by atoms with E-state index < -0.39 is 0 Å². The van der Waals surface area contributed by atoms with Crippen molar-refractivity contribution in [1.29, 1.82) is 0 Å². The molecule has 0 aromatic heterocycles. The second-order valence-electron chi connectivity index (χ2n) is 6.62. The predicted octanol–water partition coefficient (Wildman–Crippen LogP) is 5.34. The Morgan fingerprint density at radius 2 is 1.69 bits per heavy atom. The normalized spacial score (nSPS) is 10.3. The number of carbonyl (C=O) groups excluding carboxylic acids is 2. The van der Waals surface area contributed by atoms with Crippen molar-refractivity contribution in [2.24, 2.45) is 0 Å². The fourth-order valence-electron chi connectivity index (χ4n) is 2.78. The first-order valence-electron chi connectivity index (χ1n) is 9.08. The number of hydrogen-bond donors (Lipinski definition) is 2. The van der Waals surface area contributed by atoms with Crippen molar-refractivity contribution in [3.05, 3.63) is 87.9 Å². The molecule has 5 nitrogen and oxygen atoms in total. The van der Waals surface area contributed by atoms with Crippen LogP contribution in [0.3, 0.4) is 0 Å². The zero-order valence-electron chi connectivity index (χ0n) is 16.2. The fourth-order valence-corrected chi connectivity index (χ4v) is 3.26. The Balaban J connectivity index is 1.58. The molecule has 6 heteroatoms. The van der Waals surface area contributed by atoms with Gasteiger partial charge >= 0.3 is 0 Å². The van der Waals surface area contributed by atoms with E-state index in [1.807, 2.05) is 50.2 Å². The van der Waals surface area contributed by atoms with Gasteiger partial charge in [-0.2, -0.15) is 0 Å². The number of amides is 2. The average Bonchev–Trinajstić information content (AvgIpc) is 2.70. The molecular formula is C23H21BrN2O3. The van der Waals surface area contributed by atoms with Crippen LogP contribution in [0.25, 0.3) is 0 Å².